The highest BCUT2D eigenvalue weighted by atomic mass is 32.2. The molecule has 0 spiro atoms. The van der Waals surface area contributed by atoms with Crippen LogP contribution in [0.25, 0.3) is 16.5 Å². The highest BCUT2D eigenvalue weighted by Crippen LogP contribution is 2.24. The second kappa shape index (κ2) is 10.3. The molecular weight excluding hydrogens is 480 g/mol. The Morgan fingerprint density at radius 3 is 2.39 bits per heavy atom. The Balaban J connectivity index is 1.35. The van der Waals surface area contributed by atoms with Crippen molar-refractivity contribution in [2.24, 2.45) is 0 Å². The van der Waals surface area contributed by atoms with Crippen LogP contribution in [-0.4, -0.2) is 36.6 Å². The molecule has 0 aliphatic rings. The van der Waals surface area contributed by atoms with Crippen molar-refractivity contribution in [2.45, 2.75) is 11.8 Å². The van der Waals surface area contributed by atoms with Crippen molar-refractivity contribution in [1.29, 1.82) is 0 Å². The van der Waals surface area contributed by atoms with E-state index >= 15 is 0 Å². The summed E-state index contributed by atoms with van der Waals surface area (Å²) in [6.45, 7) is 0.186. The second-order valence-corrected chi connectivity index (χ2v) is 8.59. The third kappa shape index (κ3) is 4.91. The lowest BCUT2D eigenvalue weighted by Crippen LogP contribution is -2.22. The van der Waals surface area contributed by atoms with Gasteiger partial charge in [-0.1, -0.05) is 54.2 Å². The third-order valence-electron chi connectivity index (χ3n) is 5.26. The van der Waals surface area contributed by atoms with E-state index < -0.39 is 11.1 Å². The molecule has 0 saturated heterocycles. The van der Waals surface area contributed by atoms with Gasteiger partial charge in [-0.15, -0.1) is 10.2 Å². The highest BCUT2D eigenvalue weighted by Gasteiger charge is 2.17. The zero-order valence-corrected chi connectivity index (χ0v) is 19.6. The molecule has 0 fully saturated rings. The van der Waals surface area contributed by atoms with Crippen LogP contribution in [0.1, 0.15) is 5.82 Å². The Labute approximate surface area is 208 Å². The minimum Gasteiger partial charge on any atom is -0.486 e. The molecule has 0 radical (unpaired) electrons. The van der Waals surface area contributed by atoms with E-state index in [1.807, 2.05) is 65.2 Å². The summed E-state index contributed by atoms with van der Waals surface area (Å²) < 4.78 is 7.70. The van der Waals surface area contributed by atoms with Gasteiger partial charge in [-0.05, 0) is 36.4 Å². The fraction of sp³-hybridized carbons (Fsp3) is 0.0800. The van der Waals surface area contributed by atoms with Crippen LogP contribution in [0.2, 0.25) is 0 Å². The molecule has 2 heterocycles. The van der Waals surface area contributed by atoms with Crippen molar-refractivity contribution < 1.29 is 9.53 Å². The minimum absolute atomic E-state index is 0.00198. The van der Waals surface area contributed by atoms with Gasteiger partial charge in [0.05, 0.1) is 22.2 Å². The molecule has 0 atom stereocenters. The number of hydrogen-bond acceptors (Lipinski definition) is 7. The lowest BCUT2D eigenvalue weighted by molar-refractivity contribution is -0.113. The molecule has 5 rings (SSSR count). The summed E-state index contributed by atoms with van der Waals surface area (Å²) in [5.41, 5.74) is 0.139. The van der Waals surface area contributed by atoms with Crippen LogP contribution in [0.4, 0.5) is 5.69 Å². The monoisotopic (exact) mass is 500 g/mol. The van der Waals surface area contributed by atoms with Gasteiger partial charge in [-0.25, -0.2) is 0 Å². The topological polar surface area (TPSA) is 135 Å². The molecule has 0 unspecified atom stereocenters. The second-order valence-electron chi connectivity index (χ2n) is 7.64. The van der Waals surface area contributed by atoms with Crippen LogP contribution < -0.4 is 21.2 Å². The normalized spacial score (nSPS) is 10.9. The van der Waals surface area contributed by atoms with Gasteiger partial charge in [-0.2, -0.15) is 0 Å². The van der Waals surface area contributed by atoms with Gasteiger partial charge < -0.3 is 10.1 Å². The van der Waals surface area contributed by atoms with Crippen molar-refractivity contribution in [1.82, 2.24) is 25.0 Å². The predicted molar refractivity (Wildman–Crippen MR) is 137 cm³/mol. The van der Waals surface area contributed by atoms with Crippen LogP contribution in [0.15, 0.2) is 93.6 Å². The maximum atomic E-state index is 12.8. The molecule has 0 saturated carbocycles. The fourth-order valence-electron chi connectivity index (χ4n) is 3.64. The van der Waals surface area contributed by atoms with Crippen LogP contribution in [0, 0.1) is 0 Å². The number of carbonyl (C=O) groups excluding carboxylic acids is 1. The number of fused-ring (bicyclic) bond motifs is 1. The number of H-pyrrole nitrogens is 2. The number of carbonyl (C=O) groups is 1. The highest BCUT2D eigenvalue weighted by molar-refractivity contribution is 7.99. The van der Waals surface area contributed by atoms with Gasteiger partial charge >= 0.3 is 0 Å². The van der Waals surface area contributed by atoms with E-state index in [1.54, 1.807) is 12.1 Å². The summed E-state index contributed by atoms with van der Waals surface area (Å²) in [4.78, 5) is 37.1. The molecule has 180 valence electrons. The molecule has 0 bridgehead atoms. The summed E-state index contributed by atoms with van der Waals surface area (Å²) in [5.74, 6) is 0.921. The first-order valence-electron chi connectivity index (χ1n) is 10.9. The molecule has 10 nitrogen and oxygen atoms in total. The summed E-state index contributed by atoms with van der Waals surface area (Å²) in [6, 6.07) is 23.6. The third-order valence-corrected chi connectivity index (χ3v) is 6.19. The molecule has 3 aromatic carbocycles. The van der Waals surface area contributed by atoms with Crippen LogP contribution in [-0.2, 0) is 11.4 Å². The van der Waals surface area contributed by atoms with Crippen LogP contribution in [0.3, 0.4) is 0 Å². The largest absolute Gasteiger partial charge is 0.486 e. The van der Waals surface area contributed by atoms with E-state index in [9.17, 15) is 14.4 Å². The van der Waals surface area contributed by atoms with Gasteiger partial charge in [-0.3, -0.25) is 29.1 Å². The summed E-state index contributed by atoms with van der Waals surface area (Å²) >= 11 is 1.19. The maximum Gasteiger partial charge on any atom is 0.272 e. The Kier molecular flexibility index (Phi) is 6.63. The Hall–Kier alpha value is -4.64. The summed E-state index contributed by atoms with van der Waals surface area (Å²) in [6.07, 6.45) is 0. The first-order chi connectivity index (χ1) is 17.6. The molecule has 0 aliphatic heterocycles. The Morgan fingerprint density at radius 2 is 1.61 bits per heavy atom. The number of nitrogens with zero attached hydrogens (tertiary/aromatic N) is 3. The lowest BCUT2D eigenvalue weighted by atomic mass is 10.1. The molecule has 3 N–H and O–H groups in total. The van der Waals surface area contributed by atoms with E-state index in [4.69, 9.17) is 4.74 Å². The predicted octanol–water partition coefficient (Wildman–Crippen LogP) is 3.11. The first kappa shape index (κ1) is 23.1. The van der Waals surface area contributed by atoms with Crippen molar-refractivity contribution in [3.8, 4) is 11.4 Å². The fourth-order valence-corrected chi connectivity index (χ4v) is 4.41. The molecule has 11 heteroatoms. The number of aromatic amines is 2. The Bertz CT molecular complexity index is 1630. The van der Waals surface area contributed by atoms with Crippen LogP contribution in [0.5, 0.6) is 5.75 Å². The first-order valence-corrected chi connectivity index (χ1v) is 11.9. The number of nitrogens with one attached hydrogen (secondary N) is 3. The van der Waals surface area contributed by atoms with Crippen molar-refractivity contribution in [2.75, 3.05) is 11.1 Å². The van der Waals surface area contributed by atoms with Crippen molar-refractivity contribution >= 4 is 34.1 Å². The van der Waals surface area contributed by atoms with E-state index in [0.29, 0.717) is 16.7 Å². The van der Waals surface area contributed by atoms with E-state index in [1.165, 1.54) is 17.8 Å². The standard InChI is InChI=1S/C25H20N6O4S/c32-21(26-19-13-7-12-18-22(19)24(34)29-28-23(18)33)15-36-25-30-27-20(14-35-17-10-5-2-6-11-17)31(25)16-8-3-1-4-9-16/h1-13H,14-15H2,(H,26,32)(H,28,33)(H,29,34). The quantitative estimate of drug-likeness (QED) is 0.279. The minimum atomic E-state index is -0.500. The van der Waals surface area contributed by atoms with E-state index in [0.717, 1.165) is 5.69 Å². The molecule has 1 amide bonds. The molecular formula is C25H20N6O4S. The van der Waals surface area contributed by atoms with Crippen molar-refractivity contribution in [3.05, 3.63) is 105 Å². The number of hydrogen-bond donors (Lipinski definition) is 3. The molecule has 0 aliphatic carbocycles. The van der Waals surface area contributed by atoms with Gasteiger partial charge in [0.25, 0.3) is 11.1 Å². The SMILES string of the molecule is O=C(CSc1nnc(COc2ccccc2)n1-c1ccccc1)Nc1cccc2c(=O)[nH][nH]c(=O)c12. The number of amides is 1. The number of ether oxygens (including phenoxy) is 1. The Morgan fingerprint density at radius 1 is 0.889 bits per heavy atom. The molecule has 5 aromatic rings. The number of para-hydroxylation sites is 2. The smallest absolute Gasteiger partial charge is 0.272 e. The van der Waals surface area contributed by atoms with E-state index in [2.05, 4.69) is 25.7 Å². The lowest BCUT2D eigenvalue weighted by Gasteiger charge is -2.11. The molecule has 36 heavy (non-hydrogen) atoms. The van der Waals surface area contributed by atoms with E-state index in [-0.39, 0.29) is 34.7 Å². The van der Waals surface area contributed by atoms with Crippen LogP contribution >= 0.6 is 11.8 Å². The average Bonchev–Trinajstić information content (AvgIpc) is 3.32. The number of benzene rings is 3. The summed E-state index contributed by atoms with van der Waals surface area (Å²) in [5, 5.41) is 16.7. The van der Waals surface area contributed by atoms with Crippen molar-refractivity contribution in [3.63, 3.8) is 0 Å². The zero-order valence-electron chi connectivity index (χ0n) is 18.8. The zero-order chi connectivity index (χ0) is 24.9. The average molecular weight is 501 g/mol. The molecule has 2 aromatic heterocycles. The van der Waals surface area contributed by atoms with Gasteiger partial charge in [0, 0.05) is 5.69 Å². The number of rotatable bonds is 8. The number of thioether (sulfide) groups is 1. The summed E-state index contributed by atoms with van der Waals surface area (Å²) in [7, 11) is 0. The van der Waals surface area contributed by atoms with Gasteiger partial charge in [0.15, 0.2) is 11.0 Å². The number of anilines is 1. The number of aromatic nitrogens is 5. The van der Waals surface area contributed by atoms with Gasteiger partial charge in [0.1, 0.15) is 12.4 Å². The van der Waals surface area contributed by atoms with Gasteiger partial charge in [0.2, 0.25) is 5.91 Å². The maximum absolute atomic E-state index is 12.8.